The van der Waals surface area contributed by atoms with Crippen molar-refractivity contribution in [1.29, 1.82) is 0 Å². The quantitative estimate of drug-likeness (QED) is 0.541. The summed E-state index contributed by atoms with van der Waals surface area (Å²) >= 11 is 0. The van der Waals surface area contributed by atoms with Crippen molar-refractivity contribution in [3.63, 3.8) is 0 Å². The predicted molar refractivity (Wildman–Crippen MR) is 111 cm³/mol. The molecule has 0 radical (unpaired) electrons. The second kappa shape index (κ2) is 6.63. The molecule has 5 rings (SSSR count). The molecular formula is C23H24N2O5. The molecule has 2 aliphatic heterocycles. The number of aryl methyl sites for hydroxylation is 1. The Balaban J connectivity index is 1.83. The molecule has 156 valence electrons. The summed E-state index contributed by atoms with van der Waals surface area (Å²) in [7, 11) is 1.53. The maximum absolute atomic E-state index is 13.4. The third-order valence-electron chi connectivity index (χ3n) is 6.63. The lowest BCUT2D eigenvalue weighted by Gasteiger charge is -2.40. The normalized spacial score (nSPS) is 22.1. The van der Waals surface area contributed by atoms with Gasteiger partial charge < -0.3 is 24.3 Å². The van der Waals surface area contributed by atoms with Crippen LogP contribution in [0.1, 0.15) is 42.5 Å². The van der Waals surface area contributed by atoms with Crippen LogP contribution in [0.4, 0.5) is 0 Å². The van der Waals surface area contributed by atoms with E-state index in [-0.39, 0.29) is 17.9 Å². The van der Waals surface area contributed by atoms with Crippen LogP contribution in [-0.2, 0) is 34.6 Å². The predicted octanol–water partition coefficient (Wildman–Crippen LogP) is 2.79. The Bertz CT molecular complexity index is 1240. The molecule has 0 aliphatic carbocycles. The van der Waals surface area contributed by atoms with Gasteiger partial charge in [-0.3, -0.25) is 4.79 Å². The third-order valence-corrected chi connectivity index (χ3v) is 6.63. The van der Waals surface area contributed by atoms with Crippen molar-refractivity contribution in [2.45, 2.75) is 51.7 Å². The van der Waals surface area contributed by atoms with Gasteiger partial charge >= 0.3 is 0 Å². The van der Waals surface area contributed by atoms with Crippen LogP contribution < -0.4 is 5.56 Å². The second-order valence-electron chi connectivity index (χ2n) is 7.90. The summed E-state index contributed by atoms with van der Waals surface area (Å²) in [5, 5.41) is 21.4. The topological polar surface area (TPSA) is 93.8 Å². The number of phenolic OH excluding ortho intramolecular Hbond substituents is 1. The van der Waals surface area contributed by atoms with E-state index in [4.69, 9.17) is 14.5 Å². The molecule has 0 bridgehead atoms. The number of rotatable bonds is 3. The number of aromatic nitrogens is 2. The minimum absolute atomic E-state index is 0.0426. The summed E-state index contributed by atoms with van der Waals surface area (Å²) in [6.07, 6.45) is 0.0615. The fraction of sp³-hybridized carbons (Fsp3) is 0.391. The second-order valence-corrected chi connectivity index (χ2v) is 7.90. The number of nitrogens with zero attached hydrogens (tertiary/aromatic N) is 2. The molecule has 4 heterocycles. The molecule has 2 atom stereocenters. The van der Waals surface area contributed by atoms with Crippen LogP contribution >= 0.6 is 0 Å². The molecule has 0 saturated carbocycles. The van der Waals surface area contributed by atoms with Gasteiger partial charge in [-0.25, -0.2) is 4.98 Å². The highest BCUT2D eigenvalue weighted by atomic mass is 16.6. The summed E-state index contributed by atoms with van der Waals surface area (Å²) in [5.41, 5.74) is 4.29. The zero-order valence-electron chi connectivity index (χ0n) is 17.2. The summed E-state index contributed by atoms with van der Waals surface area (Å²) in [5.74, 6) is 0.195. The molecule has 2 aromatic heterocycles. The Kier molecular flexibility index (Phi) is 4.25. The molecule has 30 heavy (non-hydrogen) atoms. The first kappa shape index (κ1) is 19.2. The number of hydrogen-bond acceptors (Lipinski definition) is 6. The van der Waals surface area contributed by atoms with E-state index in [0.29, 0.717) is 24.1 Å². The number of methoxy groups -OCH3 is 1. The van der Waals surface area contributed by atoms with Crippen LogP contribution in [0.25, 0.3) is 22.3 Å². The Morgan fingerprint density at radius 3 is 2.80 bits per heavy atom. The van der Waals surface area contributed by atoms with Gasteiger partial charge in [0.15, 0.2) is 6.29 Å². The van der Waals surface area contributed by atoms with E-state index in [2.05, 4.69) is 6.92 Å². The van der Waals surface area contributed by atoms with Crippen LogP contribution in [0.2, 0.25) is 0 Å². The number of aromatic hydroxyl groups is 1. The summed E-state index contributed by atoms with van der Waals surface area (Å²) in [4.78, 5) is 18.3. The summed E-state index contributed by atoms with van der Waals surface area (Å²) in [6.45, 7) is 4.43. The number of benzene rings is 1. The van der Waals surface area contributed by atoms with E-state index >= 15 is 0 Å². The first-order valence-corrected chi connectivity index (χ1v) is 10.2. The molecular weight excluding hydrogens is 384 g/mol. The zero-order chi connectivity index (χ0) is 21.2. The highest BCUT2D eigenvalue weighted by Gasteiger charge is 2.46. The molecule has 1 unspecified atom stereocenters. The standard InChI is InChI=1S/C23H24N2O5/c1-4-13-14-8-12(26)6-7-18(14)24-20-15(13)10-25-19(20)9-17-16(21(25)27)11-30-22(28)23(17,5-2)29-3/h6-9,22,26,28H,4-5,10-11H2,1-3H3/t22?,23-/m0/s1. The molecule has 2 N–H and O–H groups in total. The average molecular weight is 408 g/mol. The largest absolute Gasteiger partial charge is 0.508 e. The smallest absolute Gasteiger partial charge is 0.257 e. The molecule has 7 nitrogen and oxygen atoms in total. The monoisotopic (exact) mass is 408 g/mol. The lowest BCUT2D eigenvalue weighted by Crippen LogP contribution is -2.48. The lowest BCUT2D eigenvalue weighted by molar-refractivity contribution is -0.247. The first-order valence-electron chi connectivity index (χ1n) is 10.2. The number of phenols is 1. The van der Waals surface area contributed by atoms with Crippen LogP contribution in [0.15, 0.2) is 29.1 Å². The average Bonchev–Trinajstić information content (AvgIpc) is 3.11. The maximum Gasteiger partial charge on any atom is 0.257 e. The van der Waals surface area contributed by atoms with Crippen molar-refractivity contribution in [3.8, 4) is 17.1 Å². The van der Waals surface area contributed by atoms with Crippen LogP contribution in [0, 0.1) is 0 Å². The Morgan fingerprint density at radius 1 is 1.30 bits per heavy atom. The Hall–Kier alpha value is -2.74. The Labute approximate surface area is 173 Å². The van der Waals surface area contributed by atoms with Crippen molar-refractivity contribution < 1.29 is 19.7 Å². The number of pyridine rings is 2. The minimum Gasteiger partial charge on any atom is -0.508 e. The van der Waals surface area contributed by atoms with Crippen molar-refractivity contribution in [2.75, 3.05) is 7.11 Å². The minimum atomic E-state index is -1.15. The molecule has 0 fully saturated rings. The number of hydrogen-bond donors (Lipinski definition) is 2. The zero-order valence-corrected chi connectivity index (χ0v) is 17.2. The van der Waals surface area contributed by atoms with E-state index in [1.165, 1.54) is 7.11 Å². The van der Waals surface area contributed by atoms with Gasteiger partial charge in [-0.15, -0.1) is 0 Å². The van der Waals surface area contributed by atoms with Crippen LogP contribution in [-0.4, -0.2) is 33.2 Å². The highest BCUT2D eigenvalue weighted by molar-refractivity contribution is 5.89. The van der Waals surface area contributed by atoms with E-state index in [1.807, 2.05) is 13.0 Å². The number of fused-ring (bicyclic) bond motifs is 5. The van der Waals surface area contributed by atoms with Crippen molar-refractivity contribution in [2.24, 2.45) is 0 Å². The van der Waals surface area contributed by atoms with Gasteiger partial charge in [0, 0.05) is 29.2 Å². The van der Waals surface area contributed by atoms with E-state index < -0.39 is 11.9 Å². The molecule has 0 spiro atoms. The molecule has 7 heteroatoms. The van der Waals surface area contributed by atoms with Gasteiger partial charge in [0.05, 0.1) is 30.1 Å². The van der Waals surface area contributed by atoms with Gasteiger partial charge in [-0.2, -0.15) is 0 Å². The van der Waals surface area contributed by atoms with Gasteiger partial charge in [0.1, 0.15) is 11.4 Å². The van der Waals surface area contributed by atoms with Crippen molar-refractivity contribution in [1.82, 2.24) is 9.55 Å². The van der Waals surface area contributed by atoms with Gasteiger partial charge in [0.2, 0.25) is 0 Å². The van der Waals surface area contributed by atoms with Crippen molar-refractivity contribution >= 4 is 10.9 Å². The van der Waals surface area contributed by atoms with Gasteiger partial charge in [-0.1, -0.05) is 13.8 Å². The van der Waals surface area contributed by atoms with Crippen LogP contribution in [0.3, 0.4) is 0 Å². The van der Waals surface area contributed by atoms with Crippen molar-refractivity contribution in [3.05, 3.63) is 56.9 Å². The SMILES string of the molecule is CCc1c2c(nc3ccc(O)cc13)-c1cc3c(c(=O)n1C2)COC(O)[C@@]3(CC)OC. The highest BCUT2D eigenvalue weighted by Crippen LogP contribution is 2.43. The van der Waals surface area contributed by atoms with E-state index in [9.17, 15) is 15.0 Å². The van der Waals surface area contributed by atoms with Crippen LogP contribution in [0.5, 0.6) is 5.75 Å². The number of aliphatic hydroxyl groups excluding tert-OH is 1. The summed E-state index contributed by atoms with van der Waals surface area (Å²) < 4.78 is 13.0. The first-order chi connectivity index (χ1) is 14.4. The van der Waals surface area contributed by atoms with E-state index in [0.717, 1.165) is 39.8 Å². The fourth-order valence-corrected chi connectivity index (χ4v) is 5.01. The van der Waals surface area contributed by atoms with Gasteiger partial charge in [0.25, 0.3) is 5.56 Å². The number of aliphatic hydroxyl groups is 1. The number of ether oxygens (including phenoxy) is 2. The third kappa shape index (κ3) is 2.37. The molecule has 1 aromatic carbocycles. The summed E-state index contributed by atoms with van der Waals surface area (Å²) in [6, 6.07) is 7.08. The fourth-order valence-electron chi connectivity index (χ4n) is 5.01. The Morgan fingerprint density at radius 2 is 2.10 bits per heavy atom. The lowest BCUT2D eigenvalue weighted by atomic mass is 9.85. The maximum atomic E-state index is 13.4. The molecule has 0 amide bonds. The molecule has 2 aliphatic rings. The van der Waals surface area contributed by atoms with Gasteiger partial charge in [-0.05, 0) is 42.7 Å². The molecule has 3 aromatic rings. The van der Waals surface area contributed by atoms with E-state index in [1.54, 1.807) is 22.8 Å². The molecule has 0 saturated heterocycles.